The molecule has 4 bridgehead atoms. The van der Waals surface area contributed by atoms with Gasteiger partial charge in [-0.2, -0.15) is 0 Å². The summed E-state index contributed by atoms with van der Waals surface area (Å²) >= 11 is 0. The van der Waals surface area contributed by atoms with Gasteiger partial charge in [-0.05, 0) is 25.5 Å². The molecule has 2 aliphatic rings. The number of aromatic amines is 1. The van der Waals surface area contributed by atoms with E-state index in [0.717, 1.165) is 58.0 Å². The minimum absolute atomic E-state index is 0.0117. The largest absolute Gasteiger partial charge is 0.357 e. The van der Waals surface area contributed by atoms with Gasteiger partial charge in [0.25, 0.3) is 5.91 Å². The predicted octanol–water partition coefficient (Wildman–Crippen LogP) is 3.16. The van der Waals surface area contributed by atoms with E-state index in [-0.39, 0.29) is 11.8 Å². The maximum Gasteiger partial charge on any atom is 0.253 e. The van der Waals surface area contributed by atoms with Crippen molar-refractivity contribution in [2.45, 2.75) is 19.3 Å². The van der Waals surface area contributed by atoms with E-state index in [2.05, 4.69) is 27.4 Å². The molecule has 0 aliphatic carbocycles. The summed E-state index contributed by atoms with van der Waals surface area (Å²) in [5.74, 6) is 1.12. The number of benzene rings is 1. The highest BCUT2D eigenvalue weighted by Crippen LogP contribution is 2.34. The van der Waals surface area contributed by atoms with Gasteiger partial charge in [-0.25, -0.2) is 9.97 Å². The van der Waals surface area contributed by atoms with Gasteiger partial charge in [-0.15, -0.1) is 0 Å². The van der Waals surface area contributed by atoms with Crippen molar-refractivity contribution in [3.8, 4) is 11.3 Å². The molecule has 1 aromatic carbocycles. The molecule has 0 saturated heterocycles. The lowest BCUT2D eigenvalue weighted by molar-refractivity contribution is 0.0940. The van der Waals surface area contributed by atoms with Crippen molar-refractivity contribution in [2.75, 3.05) is 25.0 Å². The van der Waals surface area contributed by atoms with Crippen LogP contribution in [-0.2, 0) is 0 Å². The molecule has 6 nitrogen and oxygen atoms in total. The van der Waals surface area contributed by atoms with E-state index >= 15 is 0 Å². The summed E-state index contributed by atoms with van der Waals surface area (Å²) < 4.78 is 0. The molecule has 3 aromatic rings. The fourth-order valence-electron chi connectivity index (χ4n) is 4.05. The fourth-order valence-corrected chi connectivity index (χ4v) is 4.05. The molecule has 27 heavy (non-hydrogen) atoms. The molecule has 2 N–H and O–H groups in total. The monoisotopic (exact) mass is 359 g/mol. The lowest BCUT2D eigenvalue weighted by Gasteiger charge is -2.22. The van der Waals surface area contributed by atoms with Gasteiger partial charge in [0.2, 0.25) is 0 Å². The first-order valence-electron chi connectivity index (χ1n) is 9.27. The number of H-pyrrole nitrogens is 1. The molecule has 2 aromatic heterocycles. The van der Waals surface area contributed by atoms with Gasteiger partial charge in [-0.3, -0.25) is 4.79 Å². The topological polar surface area (TPSA) is 73.9 Å². The molecule has 4 heterocycles. The zero-order valence-electron chi connectivity index (χ0n) is 15.4. The first-order chi connectivity index (χ1) is 13.1. The van der Waals surface area contributed by atoms with Crippen LogP contribution in [0.1, 0.15) is 34.1 Å². The highest BCUT2D eigenvalue weighted by molar-refractivity contribution is 6.00. The summed E-state index contributed by atoms with van der Waals surface area (Å²) in [4.78, 5) is 27.8. The minimum Gasteiger partial charge on any atom is -0.357 e. The number of likely N-dealkylation sites (N-methyl/N-ethyl adjacent to an activating group) is 1. The number of hydrogen-bond donors (Lipinski definition) is 2. The van der Waals surface area contributed by atoms with Crippen molar-refractivity contribution in [3.63, 3.8) is 0 Å². The quantitative estimate of drug-likeness (QED) is 0.605. The Morgan fingerprint density at radius 3 is 2.96 bits per heavy atom. The van der Waals surface area contributed by atoms with Gasteiger partial charge in [-0.1, -0.05) is 24.3 Å². The van der Waals surface area contributed by atoms with Crippen LogP contribution in [0.25, 0.3) is 22.3 Å². The Balaban J connectivity index is 1.81. The van der Waals surface area contributed by atoms with Gasteiger partial charge in [0.1, 0.15) is 5.52 Å². The number of aromatic nitrogens is 3. The van der Waals surface area contributed by atoms with Gasteiger partial charge < -0.3 is 15.2 Å². The SMILES string of the molecule is Cc1nc2cccc3c2nc1N(C)C/C=C\C[C@H]1CNC(=O)c2cc-3[nH]c21. The normalized spacial score (nSPS) is 20.0. The third-order valence-corrected chi connectivity index (χ3v) is 5.47. The van der Waals surface area contributed by atoms with Crippen molar-refractivity contribution in [1.29, 1.82) is 0 Å². The Labute approximate surface area is 157 Å². The average Bonchev–Trinajstić information content (AvgIpc) is 3.11. The molecule has 1 atom stereocenters. The second-order valence-corrected chi connectivity index (χ2v) is 7.31. The van der Waals surface area contributed by atoms with E-state index in [1.807, 2.05) is 38.2 Å². The molecular weight excluding hydrogens is 338 g/mol. The maximum absolute atomic E-state index is 12.4. The van der Waals surface area contributed by atoms with E-state index in [9.17, 15) is 4.79 Å². The second-order valence-electron chi connectivity index (χ2n) is 7.31. The van der Waals surface area contributed by atoms with Crippen molar-refractivity contribution < 1.29 is 4.79 Å². The third-order valence-electron chi connectivity index (χ3n) is 5.47. The molecule has 6 heteroatoms. The average molecular weight is 359 g/mol. The second kappa shape index (κ2) is 5.94. The summed E-state index contributed by atoms with van der Waals surface area (Å²) in [6.45, 7) is 3.42. The summed E-state index contributed by atoms with van der Waals surface area (Å²) in [6, 6.07) is 7.97. The van der Waals surface area contributed by atoms with Gasteiger partial charge >= 0.3 is 0 Å². The number of carbonyl (C=O) groups excluding carboxylic acids is 1. The fraction of sp³-hybridized carbons (Fsp3) is 0.286. The maximum atomic E-state index is 12.4. The zero-order chi connectivity index (χ0) is 18.5. The van der Waals surface area contributed by atoms with Crippen LogP contribution in [0, 0.1) is 6.92 Å². The molecule has 136 valence electrons. The molecule has 0 radical (unpaired) electrons. The van der Waals surface area contributed by atoms with Crippen LogP contribution in [0.2, 0.25) is 0 Å². The Morgan fingerprint density at radius 2 is 2.07 bits per heavy atom. The molecule has 0 spiro atoms. The van der Waals surface area contributed by atoms with Crippen LogP contribution in [0.3, 0.4) is 0 Å². The number of aryl methyl sites for hydroxylation is 1. The van der Waals surface area contributed by atoms with Crippen LogP contribution in [-0.4, -0.2) is 41.0 Å². The summed E-state index contributed by atoms with van der Waals surface area (Å²) in [5.41, 5.74) is 6.27. The van der Waals surface area contributed by atoms with Crippen molar-refractivity contribution >= 4 is 22.8 Å². The molecule has 1 amide bonds. The van der Waals surface area contributed by atoms with Crippen LogP contribution >= 0.6 is 0 Å². The standard InChI is InChI=1S/C21H21N5O/c1-12-20-25-19-14(7-5-8-16(19)23-12)17-10-15-18(24-17)13(11-22-21(15)27)6-3-4-9-26(20)2/h3-5,7-8,10,13,24H,6,9,11H2,1-2H3,(H,22,27)/b4-3-/t13-/m0/s1. The van der Waals surface area contributed by atoms with Crippen LogP contribution in [0.5, 0.6) is 0 Å². The smallest absolute Gasteiger partial charge is 0.253 e. The Morgan fingerprint density at radius 1 is 1.19 bits per heavy atom. The summed E-state index contributed by atoms with van der Waals surface area (Å²) in [6.07, 6.45) is 5.23. The molecule has 0 saturated carbocycles. The number of nitrogens with one attached hydrogen (secondary N) is 2. The highest BCUT2D eigenvalue weighted by Gasteiger charge is 2.28. The summed E-state index contributed by atoms with van der Waals surface area (Å²) in [7, 11) is 2.04. The predicted molar refractivity (Wildman–Crippen MR) is 106 cm³/mol. The van der Waals surface area contributed by atoms with E-state index in [4.69, 9.17) is 9.97 Å². The number of amides is 1. The lowest BCUT2D eigenvalue weighted by Crippen LogP contribution is -2.34. The first kappa shape index (κ1) is 16.1. The molecule has 0 fully saturated rings. The number of para-hydroxylation sites is 1. The Hall–Kier alpha value is -3.15. The van der Waals surface area contributed by atoms with Gasteiger partial charge in [0.15, 0.2) is 5.82 Å². The van der Waals surface area contributed by atoms with Gasteiger partial charge in [0.05, 0.1) is 16.8 Å². The Kier molecular flexibility index (Phi) is 3.53. The van der Waals surface area contributed by atoms with Crippen molar-refractivity contribution in [2.24, 2.45) is 0 Å². The zero-order valence-corrected chi connectivity index (χ0v) is 15.4. The highest BCUT2D eigenvalue weighted by atomic mass is 16.1. The summed E-state index contributed by atoms with van der Waals surface area (Å²) in [5, 5.41) is 3.01. The van der Waals surface area contributed by atoms with E-state index in [0.29, 0.717) is 6.54 Å². The first-order valence-corrected chi connectivity index (χ1v) is 9.27. The van der Waals surface area contributed by atoms with E-state index in [1.165, 1.54) is 0 Å². The number of rotatable bonds is 0. The van der Waals surface area contributed by atoms with Gasteiger partial charge in [0, 0.05) is 43.0 Å². The number of hydrogen-bond acceptors (Lipinski definition) is 4. The van der Waals surface area contributed by atoms with E-state index in [1.54, 1.807) is 0 Å². The molecular formula is C21H21N5O. The number of carbonyl (C=O) groups is 1. The minimum atomic E-state index is -0.0117. The number of nitrogens with zero attached hydrogens (tertiary/aromatic N) is 3. The number of fused-ring (bicyclic) bond motifs is 3. The Bertz CT molecular complexity index is 1100. The van der Waals surface area contributed by atoms with Crippen LogP contribution in [0.4, 0.5) is 5.82 Å². The number of allylic oxidation sites excluding steroid dienone is 1. The lowest BCUT2D eigenvalue weighted by atomic mass is 9.94. The van der Waals surface area contributed by atoms with E-state index < -0.39 is 0 Å². The third kappa shape index (κ3) is 2.51. The molecule has 2 aliphatic heterocycles. The van der Waals surface area contributed by atoms with Crippen LogP contribution in [0.15, 0.2) is 36.4 Å². The molecule has 5 rings (SSSR count). The van der Waals surface area contributed by atoms with Crippen molar-refractivity contribution in [1.82, 2.24) is 20.3 Å². The molecule has 0 unspecified atom stereocenters. The number of anilines is 1. The van der Waals surface area contributed by atoms with Crippen molar-refractivity contribution in [3.05, 3.63) is 53.4 Å². The van der Waals surface area contributed by atoms with Crippen LogP contribution < -0.4 is 10.2 Å².